The molecular weight excluding hydrogens is 566 g/mol. The maximum atomic E-state index is 13.3. The molecule has 0 saturated carbocycles. The van der Waals surface area contributed by atoms with Crippen molar-refractivity contribution >= 4 is 33.3 Å². The zero-order valence-corrected chi connectivity index (χ0v) is 25.8. The van der Waals surface area contributed by atoms with E-state index in [1.165, 1.54) is 5.56 Å². The molecule has 0 radical (unpaired) electrons. The highest BCUT2D eigenvalue weighted by atomic mass is 32.2. The van der Waals surface area contributed by atoms with Crippen LogP contribution >= 0.6 is 0 Å². The number of benzene rings is 3. The number of rotatable bonds is 12. The van der Waals surface area contributed by atoms with E-state index >= 15 is 0 Å². The van der Waals surface area contributed by atoms with Crippen LogP contribution in [0.25, 0.3) is 0 Å². The molecule has 1 heterocycles. The summed E-state index contributed by atoms with van der Waals surface area (Å²) in [6.45, 7) is 5.40. The maximum absolute atomic E-state index is 13.3. The number of unbranched alkanes of at least 4 members (excludes halogenated alkanes) is 1. The summed E-state index contributed by atoms with van der Waals surface area (Å²) >= 11 is 0. The van der Waals surface area contributed by atoms with Crippen LogP contribution in [0.3, 0.4) is 0 Å². The Bertz CT molecular complexity index is 1470. The highest BCUT2D eigenvalue weighted by Gasteiger charge is 2.28. The van der Waals surface area contributed by atoms with E-state index in [1.807, 2.05) is 17.0 Å². The molecule has 0 aromatic heterocycles. The predicted octanol–water partition coefficient (Wildman–Crippen LogP) is 5.51. The number of piperidine rings is 1. The van der Waals surface area contributed by atoms with Crippen molar-refractivity contribution in [3.8, 4) is 11.5 Å². The molecule has 3 aromatic rings. The Morgan fingerprint density at radius 3 is 2.21 bits per heavy atom. The largest absolute Gasteiger partial charge is 0.457 e. The number of likely N-dealkylation sites (tertiary alicyclic amines) is 1. The van der Waals surface area contributed by atoms with Gasteiger partial charge in [-0.1, -0.05) is 31.5 Å². The van der Waals surface area contributed by atoms with E-state index in [-0.39, 0.29) is 18.0 Å². The zero-order chi connectivity index (χ0) is 30.8. The van der Waals surface area contributed by atoms with Crippen LogP contribution in [0.1, 0.15) is 48.5 Å². The number of ether oxygens (including phenoxy) is 1. The predicted molar refractivity (Wildman–Crippen MR) is 170 cm³/mol. The van der Waals surface area contributed by atoms with Crippen molar-refractivity contribution < 1.29 is 22.7 Å². The molecule has 230 valence electrons. The Morgan fingerprint density at radius 1 is 0.953 bits per heavy atom. The van der Waals surface area contributed by atoms with Gasteiger partial charge in [0.25, 0.3) is 5.91 Å². The molecule has 43 heavy (non-hydrogen) atoms. The van der Waals surface area contributed by atoms with E-state index in [9.17, 15) is 18.0 Å². The van der Waals surface area contributed by atoms with Crippen LogP contribution < -0.4 is 20.1 Å². The van der Waals surface area contributed by atoms with Crippen molar-refractivity contribution in [2.75, 3.05) is 43.0 Å². The van der Waals surface area contributed by atoms with Crippen molar-refractivity contribution in [1.29, 1.82) is 0 Å². The van der Waals surface area contributed by atoms with Gasteiger partial charge in [-0.25, -0.2) is 13.2 Å². The Labute approximate surface area is 254 Å². The van der Waals surface area contributed by atoms with Gasteiger partial charge in [-0.3, -0.25) is 14.4 Å². The number of urea groups is 1. The van der Waals surface area contributed by atoms with Crippen molar-refractivity contribution in [3.63, 3.8) is 0 Å². The lowest BCUT2D eigenvalue weighted by Crippen LogP contribution is -2.49. The second-order valence-corrected chi connectivity index (χ2v) is 12.5. The van der Waals surface area contributed by atoms with E-state index < -0.39 is 10.0 Å². The molecule has 0 bridgehead atoms. The molecule has 4 rings (SSSR count). The number of nitrogens with one attached hydrogen (secondary N) is 3. The Hall–Kier alpha value is -4.09. The van der Waals surface area contributed by atoms with Gasteiger partial charge in [0, 0.05) is 56.2 Å². The monoisotopic (exact) mass is 607 g/mol. The minimum absolute atomic E-state index is 0.127. The molecule has 3 amide bonds. The number of anilines is 2. The highest BCUT2D eigenvalue weighted by molar-refractivity contribution is 7.92. The summed E-state index contributed by atoms with van der Waals surface area (Å²) in [5.74, 6) is 1.12. The SMILES string of the molecule is CCCCN(C(=O)Nc1cccc(C(=O)NC)c1)C1CCN(Cc2ccc(Oc3ccc(NS(C)(=O)=O)cc3)cc2)CC1. The first-order valence-electron chi connectivity index (χ1n) is 14.6. The minimum Gasteiger partial charge on any atom is -0.457 e. The van der Waals surface area contributed by atoms with Crippen molar-refractivity contribution in [2.45, 2.75) is 45.2 Å². The summed E-state index contributed by atoms with van der Waals surface area (Å²) in [6, 6.07) is 21.7. The summed E-state index contributed by atoms with van der Waals surface area (Å²) in [7, 11) is -1.74. The number of sulfonamides is 1. The number of carbonyl (C=O) groups is 2. The van der Waals surface area contributed by atoms with Crippen LogP contribution in [0.5, 0.6) is 11.5 Å². The van der Waals surface area contributed by atoms with E-state index in [4.69, 9.17) is 4.74 Å². The first-order chi connectivity index (χ1) is 20.6. The van der Waals surface area contributed by atoms with Crippen LogP contribution in [0, 0.1) is 0 Å². The summed E-state index contributed by atoms with van der Waals surface area (Å²) < 4.78 is 31.1. The molecule has 1 aliphatic heterocycles. The summed E-state index contributed by atoms with van der Waals surface area (Å²) in [6.07, 6.45) is 4.82. The molecule has 1 aliphatic rings. The first-order valence-corrected chi connectivity index (χ1v) is 16.5. The lowest BCUT2D eigenvalue weighted by atomic mass is 10.0. The van der Waals surface area contributed by atoms with Crippen LogP contribution in [-0.2, 0) is 16.6 Å². The molecule has 1 saturated heterocycles. The molecule has 11 heteroatoms. The second kappa shape index (κ2) is 14.9. The van der Waals surface area contributed by atoms with Crippen molar-refractivity contribution in [2.24, 2.45) is 0 Å². The summed E-state index contributed by atoms with van der Waals surface area (Å²) in [5, 5.41) is 5.62. The van der Waals surface area contributed by atoms with Crippen molar-refractivity contribution in [1.82, 2.24) is 15.1 Å². The quantitative estimate of drug-likeness (QED) is 0.250. The number of carbonyl (C=O) groups excluding carboxylic acids is 2. The smallest absolute Gasteiger partial charge is 0.322 e. The normalized spacial score (nSPS) is 14.1. The fourth-order valence-electron chi connectivity index (χ4n) is 5.11. The average molecular weight is 608 g/mol. The Balaban J connectivity index is 1.29. The number of nitrogens with zero attached hydrogens (tertiary/aromatic N) is 2. The minimum atomic E-state index is -3.32. The van der Waals surface area contributed by atoms with Crippen LogP contribution in [0.2, 0.25) is 0 Å². The third-order valence-electron chi connectivity index (χ3n) is 7.34. The maximum Gasteiger partial charge on any atom is 0.322 e. The van der Waals surface area contributed by atoms with Gasteiger partial charge in [-0.2, -0.15) is 0 Å². The molecule has 0 aliphatic carbocycles. The number of amides is 3. The fourth-order valence-corrected chi connectivity index (χ4v) is 5.67. The second-order valence-electron chi connectivity index (χ2n) is 10.8. The van der Waals surface area contributed by atoms with Gasteiger partial charge in [0.05, 0.1) is 6.26 Å². The van der Waals surface area contributed by atoms with E-state index in [0.29, 0.717) is 35.0 Å². The van der Waals surface area contributed by atoms with Gasteiger partial charge < -0.3 is 20.3 Å². The van der Waals surface area contributed by atoms with Gasteiger partial charge in [-0.05, 0) is 79.4 Å². The highest BCUT2D eigenvalue weighted by Crippen LogP contribution is 2.25. The molecule has 3 aromatic carbocycles. The van der Waals surface area contributed by atoms with E-state index in [2.05, 4.69) is 39.3 Å². The number of hydrogen-bond donors (Lipinski definition) is 3. The third-order valence-corrected chi connectivity index (χ3v) is 7.94. The molecule has 0 spiro atoms. The molecule has 10 nitrogen and oxygen atoms in total. The zero-order valence-electron chi connectivity index (χ0n) is 25.0. The lowest BCUT2D eigenvalue weighted by molar-refractivity contribution is 0.0963. The molecule has 0 unspecified atom stereocenters. The van der Waals surface area contributed by atoms with Crippen LogP contribution in [-0.4, -0.2) is 69.1 Å². The first kappa shape index (κ1) is 31.8. The Morgan fingerprint density at radius 2 is 1.60 bits per heavy atom. The van der Waals surface area contributed by atoms with E-state index in [0.717, 1.165) is 51.6 Å². The fraction of sp³-hybridized carbons (Fsp3) is 0.375. The van der Waals surface area contributed by atoms with Gasteiger partial charge in [0.15, 0.2) is 0 Å². The molecular formula is C32H41N5O5S. The van der Waals surface area contributed by atoms with Crippen molar-refractivity contribution in [3.05, 3.63) is 83.9 Å². The van der Waals surface area contributed by atoms with Crippen LogP contribution in [0.4, 0.5) is 16.2 Å². The molecule has 0 atom stereocenters. The van der Waals surface area contributed by atoms with Gasteiger partial charge in [0.1, 0.15) is 11.5 Å². The van der Waals surface area contributed by atoms with Gasteiger partial charge in [-0.15, -0.1) is 0 Å². The Kier molecular flexibility index (Phi) is 11.0. The summed E-state index contributed by atoms with van der Waals surface area (Å²) in [4.78, 5) is 29.7. The average Bonchev–Trinajstić information content (AvgIpc) is 2.99. The molecule has 1 fully saturated rings. The molecule has 3 N–H and O–H groups in total. The standard InChI is InChI=1S/C32H41N5O5S/c1-4-5-19-37(32(39)34-27-8-6-7-25(22-27)31(38)33-2)28-17-20-36(21-18-28)23-24-9-13-29(14-10-24)42-30-15-11-26(12-16-30)35-43(3,40)41/h6-16,22,28,35H,4-5,17-21,23H2,1-3H3,(H,33,38)(H,34,39). The van der Waals surface area contributed by atoms with Gasteiger partial charge >= 0.3 is 6.03 Å². The summed E-state index contributed by atoms with van der Waals surface area (Å²) in [5.41, 5.74) is 2.77. The van der Waals surface area contributed by atoms with E-state index in [1.54, 1.807) is 55.6 Å². The number of hydrogen-bond acceptors (Lipinski definition) is 6. The topological polar surface area (TPSA) is 120 Å². The van der Waals surface area contributed by atoms with Gasteiger partial charge in [0.2, 0.25) is 10.0 Å². The van der Waals surface area contributed by atoms with Crippen LogP contribution in [0.15, 0.2) is 72.8 Å². The lowest BCUT2D eigenvalue weighted by Gasteiger charge is -2.38. The third kappa shape index (κ3) is 9.72.